The summed E-state index contributed by atoms with van der Waals surface area (Å²) in [6, 6.07) is 13.4. The van der Waals surface area contributed by atoms with Crippen molar-refractivity contribution in [2.24, 2.45) is 0 Å². The number of anilines is 2. The number of urea groups is 1. The molecule has 4 rings (SSSR count). The van der Waals surface area contributed by atoms with Crippen molar-refractivity contribution in [1.29, 1.82) is 0 Å². The number of carbonyl (C=O) groups is 5. The number of imide groups is 2. The van der Waals surface area contributed by atoms with Crippen molar-refractivity contribution in [3.05, 3.63) is 91.4 Å². The van der Waals surface area contributed by atoms with E-state index in [0.717, 1.165) is 16.0 Å². The van der Waals surface area contributed by atoms with E-state index in [4.69, 9.17) is 4.74 Å². The SMILES string of the molecule is COC(=O)c1ccc(N2C(=O)NC(=O)/C(=C/c3cc(Br)cc(Br)c3OCC(=O)Nc3ccc(C)c(C)c3)C2=O)cc1. The van der Waals surface area contributed by atoms with Gasteiger partial charge in [-0.15, -0.1) is 0 Å². The van der Waals surface area contributed by atoms with Gasteiger partial charge in [-0.05, 0) is 95.5 Å². The molecular weight excluding hydrogens is 662 g/mol. The predicted octanol–water partition coefficient (Wildman–Crippen LogP) is 5.30. The highest BCUT2D eigenvalue weighted by Crippen LogP contribution is 2.35. The van der Waals surface area contributed by atoms with Crippen LogP contribution < -0.4 is 20.3 Å². The van der Waals surface area contributed by atoms with E-state index in [1.165, 1.54) is 37.5 Å². The second-order valence-corrected chi connectivity index (χ2v) is 10.7. The predicted molar refractivity (Wildman–Crippen MR) is 159 cm³/mol. The third kappa shape index (κ3) is 6.72. The molecule has 0 spiro atoms. The Bertz CT molecular complexity index is 1620. The zero-order valence-electron chi connectivity index (χ0n) is 22.0. The lowest BCUT2D eigenvalue weighted by atomic mass is 10.1. The molecule has 1 aliphatic heterocycles. The Labute approximate surface area is 251 Å². The number of nitrogens with zero attached hydrogens (tertiary/aromatic N) is 1. The molecule has 0 aliphatic carbocycles. The van der Waals surface area contributed by atoms with Gasteiger partial charge in [-0.3, -0.25) is 19.7 Å². The minimum atomic E-state index is -0.946. The number of benzene rings is 3. The molecular formula is C29H23Br2N3O7. The molecule has 0 aromatic heterocycles. The van der Waals surface area contributed by atoms with E-state index < -0.39 is 29.7 Å². The van der Waals surface area contributed by atoms with Crippen LogP contribution in [0.15, 0.2) is 69.1 Å². The van der Waals surface area contributed by atoms with Crippen LogP contribution in [0.5, 0.6) is 5.75 Å². The largest absolute Gasteiger partial charge is 0.482 e. The summed E-state index contributed by atoms with van der Waals surface area (Å²) in [6.07, 6.45) is 1.27. The lowest BCUT2D eigenvalue weighted by Crippen LogP contribution is -2.54. The number of barbiturate groups is 1. The van der Waals surface area contributed by atoms with Gasteiger partial charge in [0, 0.05) is 15.7 Å². The van der Waals surface area contributed by atoms with Gasteiger partial charge < -0.3 is 14.8 Å². The number of rotatable bonds is 7. The zero-order valence-corrected chi connectivity index (χ0v) is 25.2. The number of halogens is 2. The highest BCUT2D eigenvalue weighted by molar-refractivity contribution is 9.11. The van der Waals surface area contributed by atoms with Gasteiger partial charge in [0.2, 0.25) is 0 Å². The van der Waals surface area contributed by atoms with Crippen molar-refractivity contribution in [2.45, 2.75) is 13.8 Å². The van der Waals surface area contributed by atoms with Crippen molar-refractivity contribution in [3.63, 3.8) is 0 Å². The second kappa shape index (κ2) is 12.5. The molecule has 41 heavy (non-hydrogen) atoms. The molecule has 3 aromatic carbocycles. The standard InChI is InChI=1S/C29H23Br2N3O7/c1-15-4-7-20(10-16(15)2)32-24(35)14-41-25-18(11-19(30)13-23(25)31)12-22-26(36)33-29(39)34(27(22)37)21-8-5-17(6-9-21)28(38)40-3/h4-13H,14H2,1-3H3,(H,32,35)(H,33,36,39)/b22-12-. The first kappa shape index (κ1) is 29.7. The molecule has 210 valence electrons. The third-order valence-corrected chi connectivity index (χ3v) is 7.17. The van der Waals surface area contributed by atoms with Crippen molar-refractivity contribution < 1.29 is 33.4 Å². The summed E-state index contributed by atoms with van der Waals surface area (Å²) in [5.74, 6) is -2.60. The Hall–Kier alpha value is -4.29. The van der Waals surface area contributed by atoms with Crippen LogP contribution >= 0.6 is 31.9 Å². The van der Waals surface area contributed by atoms with Crippen molar-refractivity contribution in [1.82, 2.24) is 5.32 Å². The summed E-state index contributed by atoms with van der Waals surface area (Å²) in [7, 11) is 1.23. The summed E-state index contributed by atoms with van der Waals surface area (Å²) < 4.78 is 11.5. The van der Waals surface area contributed by atoms with Crippen LogP contribution in [0.3, 0.4) is 0 Å². The number of esters is 1. The maximum atomic E-state index is 13.4. The van der Waals surface area contributed by atoms with E-state index in [1.807, 2.05) is 26.0 Å². The number of nitrogens with one attached hydrogen (secondary N) is 2. The maximum Gasteiger partial charge on any atom is 0.337 e. The topological polar surface area (TPSA) is 131 Å². The minimum Gasteiger partial charge on any atom is -0.482 e. The molecule has 1 fully saturated rings. The molecule has 0 atom stereocenters. The fourth-order valence-corrected chi connectivity index (χ4v) is 5.28. The van der Waals surface area contributed by atoms with Gasteiger partial charge >= 0.3 is 12.0 Å². The highest BCUT2D eigenvalue weighted by Gasteiger charge is 2.37. The number of hydrogen-bond donors (Lipinski definition) is 2. The molecule has 0 radical (unpaired) electrons. The van der Waals surface area contributed by atoms with Crippen LogP contribution in [0.25, 0.3) is 6.08 Å². The van der Waals surface area contributed by atoms with E-state index >= 15 is 0 Å². The van der Waals surface area contributed by atoms with Gasteiger partial charge in [0.05, 0.1) is 22.8 Å². The van der Waals surface area contributed by atoms with Gasteiger partial charge in [0.15, 0.2) is 6.61 Å². The number of amides is 5. The quantitative estimate of drug-likeness (QED) is 0.196. The summed E-state index contributed by atoms with van der Waals surface area (Å²) >= 11 is 6.79. The first-order chi connectivity index (χ1) is 19.5. The Kier molecular flexibility index (Phi) is 9.04. The van der Waals surface area contributed by atoms with E-state index in [9.17, 15) is 24.0 Å². The van der Waals surface area contributed by atoms with Gasteiger partial charge in [0.25, 0.3) is 17.7 Å². The molecule has 5 amide bonds. The molecule has 3 aromatic rings. The van der Waals surface area contributed by atoms with Gasteiger partial charge in [-0.25, -0.2) is 14.5 Å². The molecule has 1 heterocycles. The van der Waals surface area contributed by atoms with E-state index in [-0.39, 0.29) is 29.2 Å². The summed E-state index contributed by atoms with van der Waals surface area (Å²) in [5.41, 5.74) is 3.03. The average Bonchev–Trinajstić information content (AvgIpc) is 2.92. The Balaban J connectivity index is 1.61. The second-order valence-electron chi connectivity index (χ2n) is 8.94. The van der Waals surface area contributed by atoms with Crippen molar-refractivity contribution >= 4 is 79.0 Å². The lowest BCUT2D eigenvalue weighted by Gasteiger charge is -2.26. The number of carbonyl (C=O) groups excluding carboxylic acids is 5. The lowest BCUT2D eigenvalue weighted by molar-refractivity contribution is -0.122. The molecule has 1 saturated heterocycles. The third-order valence-electron chi connectivity index (χ3n) is 6.12. The van der Waals surface area contributed by atoms with E-state index in [2.05, 4.69) is 47.2 Å². The van der Waals surface area contributed by atoms with Crippen LogP contribution in [0.2, 0.25) is 0 Å². The zero-order chi connectivity index (χ0) is 29.8. The van der Waals surface area contributed by atoms with Crippen LogP contribution in [-0.4, -0.2) is 43.4 Å². The van der Waals surface area contributed by atoms with Gasteiger partial charge in [0.1, 0.15) is 11.3 Å². The molecule has 0 unspecified atom stereocenters. The monoisotopic (exact) mass is 683 g/mol. The van der Waals surface area contributed by atoms with Crippen LogP contribution in [0.1, 0.15) is 27.0 Å². The van der Waals surface area contributed by atoms with Gasteiger partial charge in [-0.2, -0.15) is 0 Å². The smallest absolute Gasteiger partial charge is 0.337 e. The van der Waals surface area contributed by atoms with Crippen LogP contribution in [0, 0.1) is 13.8 Å². The number of hydrogen-bond acceptors (Lipinski definition) is 7. The maximum absolute atomic E-state index is 13.4. The van der Waals surface area contributed by atoms with Crippen LogP contribution in [-0.2, 0) is 19.1 Å². The van der Waals surface area contributed by atoms with Gasteiger partial charge in [-0.1, -0.05) is 22.0 Å². The Morgan fingerprint density at radius 1 is 0.976 bits per heavy atom. The molecule has 2 N–H and O–H groups in total. The summed E-state index contributed by atoms with van der Waals surface area (Å²) in [5, 5.41) is 4.92. The average molecular weight is 685 g/mol. The Morgan fingerprint density at radius 2 is 1.68 bits per heavy atom. The molecule has 1 aliphatic rings. The fourth-order valence-electron chi connectivity index (χ4n) is 3.91. The van der Waals surface area contributed by atoms with Crippen molar-refractivity contribution in [2.75, 3.05) is 23.9 Å². The number of aryl methyl sites for hydroxylation is 2. The highest BCUT2D eigenvalue weighted by atomic mass is 79.9. The molecule has 10 nitrogen and oxygen atoms in total. The summed E-state index contributed by atoms with van der Waals surface area (Å²) in [6.45, 7) is 3.55. The minimum absolute atomic E-state index is 0.133. The molecule has 0 bridgehead atoms. The summed E-state index contributed by atoms with van der Waals surface area (Å²) in [4.78, 5) is 63.9. The molecule has 12 heteroatoms. The first-order valence-electron chi connectivity index (χ1n) is 12.1. The molecule has 0 saturated carbocycles. The van der Waals surface area contributed by atoms with E-state index in [0.29, 0.717) is 20.2 Å². The Morgan fingerprint density at radius 3 is 2.34 bits per heavy atom. The van der Waals surface area contributed by atoms with E-state index in [1.54, 1.807) is 18.2 Å². The normalized spacial score (nSPS) is 14.1. The number of ether oxygens (including phenoxy) is 2. The number of methoxy groups -OCH3 is 1. The van der Waals surface area contributed by atoms with Crippen LogP contribution in [0.4, 0.5) is 16.2 Å². The van der Waals surface area contributed by atoms with Crippen molar-refractivity contribution in [3.8, 4) is 5.75 Å². The first-order valence-corrected chi connectivity index (χ1v) is 13.7. The fraction of sp³-hybridized carbons (Fsp3) is 0.138.